The van der Waals surface area contributed by atoms with Crippen molar-refractivity contribution in [2.24, 2.45) is 0 Å². The number of carbonyl (C=O) groups excluding carboxylic acids is 2. The Morgan fingerprint density at radius 3 is 2.94 bits per heavy atom. The lowest BCUT2D eigenvalue weighted by molar-refractivity contribution is -0.127. The molecule has 6 heteroatoms. The SMILES string of the molecule is COc1cc(Br)ccc1CC(=O)N1CCOC1=O. The minimum atomic E-state index is -0.573. The van der Waals surface area contributed by atoms with Gasteiger partial charge in [0.1, 0.15) is 12.4 Å². The van der Waals surface area contributed by atoms with Crippen LogP contribution in [-0.4, -0.2) is 37.2 Å². The van der Waals surface area contributed by atoms with Gasteiger partial charge in [-0.3, -0.25) is 4.79 Å². The molecule has 0 N–H and O–H groups in total. The molecule has 0 unspecified atom stereocenters. The molecule has 1 saturated heterocycles. The smallest absolute Gasteiger partial charge is 0.416 e. The van der Waals surface area contributed by atoms with Gasteiger partial charge in [-0.1, -0.05) is 22.0 Å². The third kappa shape index (κ3) is 2.64. The van der Waals surface area contributed by atoms with Gasteiger partial charge in [0.15, 0.2) is 0 Å². The maximum atomic E-state index is 11.9. The molecule has 0 spiro atoms. The van der Waals surface area contributed by atoms with Gasteiger partial charge in [0.2, 0.25) is 5.91 Å². The summed E-state index contributed by atoms with van der Waals surface area (Å²) in [5, 5.41) is 0. The van der Waals surface area contributed by atoms with Gasteiger partial charge in [-0.15, -0.1) is 0 Å². The van der Waals surface area contributed by atoms with E-state index in [4.69, 9.17) is 9.47 Å². The molecule has 0 atom stereocenters. The lowest BCUT2D eigenvalue weighted by Crippen LogP contribution is -2.32. The predicted octanol–water partition coefficient (Wildman–Crippen LogP) is 1.98. The van der Waals surface area contributed by atoms with Crippen LogP contribution in [0, 0.1) is 0 Å². The molecule has 0 aromatic heterocycles. The Kier molecular flexibility index (Phi) is 3.86. The highest BCUT2D eigenvalue weighted by Crippen LogP contribution is 2.24. The maximum Gasteiger partial charge on any atom is 0.416 e. The van der Waals surface area contributed by atoms with E-state index >= 15 is 0 Å². The molecular weight excluding hydrogens is 302 g/mol. The number of amides is 2. The molecule has 1 fully saturated rings. The number of ether oxygens (including phenoxy) is 2. The van der Waals surface area contributed by atoms with Gasteiger partial charge in [-0.25, -0.2) is 9.69 Å². The van der Waals surface area contributed by atoms with Crippen LogP contribution in [0.3, 0.4) is 0 Å². The first-order chi connectivity index (χ1) is 8.61. The molecule has 1 aliphatic rings. The third-order valence-electron chi connectivity index (χ3n) is 2.65. The highest BCUT2D eigenvalue weighted by molar-refractivity contribution is 9.10. The van der Waals surface area contributed by atoms with Crippen molar-refractivity contribution in [3.63, 3.8) is 0 Å². The number of imide groups is 1. The van der Waals surface area contributed by atoms with Gasteiger partial charge < -0.3 is 9.47 Å². The van der Waals surface area contributed by atoms with Crippen molar-refractivity contribution in [2.75, 3.05) is 20.3 Å². The normalized spacial score (nSPS) is 14.6. The first kappa shape index (κ1) is 12.9. The highest BCUT2D eigenvalue weighted by Gasteiger charge is 2.28. The number of benzene rings is 1. The molecule has 0 radical (unpaired) electrons. The summed E-state index contributed by atoms with van der Waals surface area (Å²) in [5.41, 5.74) is 0.741. The third-order valence-corrected chi connectivity index (χ3v) is 3.15. The molecule has 0 aliphatic carbocycles. The van der Waals surface area contributed by atoms with Crippen LogP contribution in [0.2, 0.25) is 0 Å². The minimum Gasteiger partial charge on any atom is -0.496 e. The van der Waals surface area contributed by atoms with Crippen molar-refractivity contribution >= 4 is 27.9 Å². The monoisotopic (exact) mass is 313 g/mol. The van der Waals surface area contributed by atoms with Crippen LogP contribution in [-0.2, 0) is 16.0 Å². The number of hydrogen-bond donors (Lipinski definition) is 0. The average Bonchev–Trinajstić information content (AvgIpc) is 2.77. The first-order valence-corrected chi connectivity index (χ1v) is 6.20. The Balaban J connectivity index is 2.13. The summed E-state index contributed by atoms with van der Waals surface area (Å²) in [6.07, 6.45) is -0.456. The van der Waals surface area contributed by atoms with Crippen LogP contribution in [0.15, 0.2) is 22.7 Å². The fraction of sp³-hybridized carbons (Fsp3) is 0.333. The Morgan fingerprint density at radius 1 is 1.56 bits per heavy atom. The number of carbonyl (C=O) groups is 2. The summed E-state index contributed by atoms with van der Waals surface area (Å²) in [4.78, 5) is 24.3. The van der Waals surface area contributed by atoms with Gasteiger partial charge in [-0.05, 0) is 12.1 Å². The second kappa shape index (κ2) is 5.39. The van der Waals surface area contributed by atoms with Crippen molar-refractivity contribution < 1.29 is 19.1 Å². The van der Waals surface area contributed by atoms with Crippen LogP contribution in [0.1, 0.15) is 5.56 Å². The molecular formula is C12H12BrNO4. The Morgan fingerprint density at radius 2 is 2.33 bits per heavy atom. The van der Waals surface area contributed by atoms with E-state index in [-0.39, 0.29) is 18.9 Å². The van der Waals surface area contributed by atoms with Gasteiger partial charge in [-0.2, -0.15) is 0 Å². The van der Waals surface area contributed by atoms with E-state index in [0.717, 1.165) is 14.9 Å². The second-order valence-corrected chi connectivity index (χ2v) is 4.71. The molecule has 18 heavy (non-hydrogen) atoms. The summed E-state index contributed by atoms with van der Waals surface area (Å²) in [7, 11) is 1.54. The van der Waals surface area contributed by atoms with Crippen LogP contribution < -0.4 is 4.74 Å². The predicted molar refractivity (Wildman–Crippen MR) is 67.5 cm³/mol. The molecule has 1 aromatic carbocycles. The van der Waals surface area contributed by atoms with Crippen LogP contribution >= 0.6 is 15.9 Å². The quantitative estimate of drug-likeness (QED) is 0.856. The van der Waals surface area contributed by atoms with Gasteiger partial charge in [0.25, 0.3) is 0 Å². The van der Waals surface area contributed by atoms with Crippen molar-refractivity contribution in [1.82, 2.24) is 4.90 Å². The zero-order chi connectivity index (χ0) is 13.1. The fourth-order valence-electron chi connectivity index (χ4n) is 1.74. The summed E-state index contributed by atoms with van der Waals surface area (Å²) in [5.74, 6) is 0.336. The first-order valence-electron chi connectivity index (χ1n) is 5.41. The van der Waals surface area contributed by atoms with Crippen LogP contribution in [0.5, 0.6) is 5.75 Å². The number of halogens is 1. The molecule has 1 heterocycles. The average molecular weight is 314 g/mol. The molecule has 2 rings (SSSR count). The number of hydrogen-bond acceptors (Lipinski definition) is 4. The number of cyclic esters (lactones) is 1. The maximum absolute atomic E-state index is 11.9. The Labute approximate surface area is 113 Å². The van der Waals surface area contributed by atoms with Gasteiger partial charge in [0.05, 0.1) is 20.1 Å². The van der Waals surface area contributed by atoms with E-state index in [2.05, 4.69) is 15.9 Å². The van der Waals surface area contributed by atoms with Crippen LogP contribution in [0.25, 0.3) is 0 Å². The van der Waals surface area contributed by atoms with Gasteiger partial charge >= 0.3 is 6.09 Å². The molecule has 5 nitrogen and oxygen atoms in total. The molecule has 2 amide bonds. The van der Waals surface area contributed by atoms with E-state index in [0.29, 0.717) is 12.3 Å². The molecule has 1 aliphatic heterocycles. The zero-order valence-corrected chi connectivity index (χ0v) is 11.4. The topological polar surface area (TPSA) is 55.8 Å². The van der Waals surface area contributed by atoms with E-state index in [1.165, 1.54) is 0 Å². The largest absolute Gasteiger partial charge is 0.496 e. The van der Waals surface area contributed by atoms with Gasteiger partial charge in [0, 0.05) is 10.0 Å². The lowest BCUT2D eigenvalue weighted by Gasteiger charge is -2.12. The van der Waals surface area contributed by atoms with Crippen molar-refractivity contribution in [1.29, 1.82) is 0 Å². The highest BCUT2D eigenvalue weighted by atomic mass is 79.9. The number of methoxy groups -OCH3 is 1. The van der Waals surface area contributed by atoms with Crippen LogP contribution in [0.4, 0.5) is 4.79 Å². The number of nitrogens with zero attached hydrogens (tertiary/aromatic N) is 1. The Bertz CT molecular complexity index is 489. The van der Waals surface area contributed by atoms with Crippen molar-refractivity contribution in [3.05, 3.63) is 28.2 Å². The van der Waals surface area contributed by atoms with Crippen molar-refractivity contribution in [2.45, 2.75) is 6.42 Å². The van der Waals surface area contributed by atoms with E-state index in [1.54, 1.807) is 19.2 Å². The Hall–Kier alpha value is -1.56. The summed E-state index contributed by atoms with van der Waals surface area (Å²) in [6.45, 7) is 0.582. The molecule has 1 aromatic rings. The summed E-state index contributed by atoms with van der Waals surface area (Å²) in [6, 6.07) is 5.40. The molecule has 0 saturated carbocycles. The van der Waals surface area contributed by atoms with E-state index < -0.39 is 6.09 Å². The van der Waals surface area contributed by atoms with Crippen molar-refractivity contribution in [3.8, 4) is 5.75 Å². The standard InChI is InChI=1S/C12H12BrNO4/c1-17-10-7-9(13)3-2-8(10)6-11(15)14-4-5-18-12(14)16/h2-3,7H,4-6H2,1H3. The summed E-state index contributed by atoms with van der Waals surface area (Å²) < 4.78 is 10.8. The minimum absolute atomic E-state index is 0.117. The molecule has 0 bridgehead atoms. The zero-order valence-electron chi connectivity index (χ0n) is 9.81. The van der Waals surface area contributed by atoms with E-state index in [9.17, 15) is 9.59 Å². The second-order valence-electron chi connectivity index (χ2n) is 3.79. The molecule has 96 valence electrons. The fourth-order valence-corrected chi connectivity index (χ4v) is 2.08. The summed E-state index contributed by atoms with van der Waals surface area (Å²) >= 11 is 3.33. The lowest BCUT2D eigenvalue weighted by atomic mass is 10.1. The number of rotatable bonds is 3. The van der Waals surface area contributed by atoms with E-state index in [1.807, 2.05) is 6.07 Å².